The van der Waals surface area contributed by atoms with Crippen molar-refractivity contribution in [3.8, 4) is 5.75 Å². The number of rotatable bonds is 7. The van der Waals surface area contributed by atoms with Crippen molar-refractivity contribution in [2.45, 2.75) is 16.8 Å². The van der Waals surface area contributed by atoms with Gasteiger partial charge in [-0.25, -0.2) is 8.42 Å². The molecule has 0 unspecified atom stereocenters. The Morgan fingerprint density at radius 2 is 1.81 bits per heavy atom. The average Bonchev–Trinajstić information content (AvgIpc) is 3.34. The van der Waals surface area contributed by atoms with Gasteiger partial charge in [-0.3, -0.25) is 4.72 Å². The lowest BCUT2D eigenvalue weighted by molar-refractivity contribution is -0.137. The maximum atomic E-state index is 12.7. The number of ether oxygens (including phenoxy) is 1. The molecule has 0 saturated carbocycles. The summed E-state index contributed by atoms with van der Waals surface area (Å²) in [7, 11) is -3.79. The van der Waals surface area contributed by atoms with E-state index in [-0.39, 0.29) is 10.8 Å². The van der Waals surface area contributed by atoms with Crippen LogP contribution in [0.5, 0.6) is 5.75 Å². The van der Waals surface area contributed by atoms with E-state index in [9.17, 15) is 21.6 Å². The molecule has 0 atom stereocenters. The molecule has 0 saturated heterocycles. The molecule has 4 rings (SSSR count). The Hall–Kier alpha value is -2.69. The summed E-state index contributed by atoms with van der Waals surface area (Å²) in [6.07, 6.45) is -2.40. The first-order valence-corrected chi connectivity index (χ1v) is 12.0. The molecule has 0 aliphatic heterocycles. The van der Waals surface area contributed by atoms with Gasteiger partial charge in [0.2, 0.25) is 0 Å². The Morgan fingerprint density at radius 3 is 2.47 bits per heavy atom. The number of fused-ring (bicyclic) bond motifs is 1. The molecule has 32 heavy (non-hydrogen) atoms. The summed E-state index contributed by atoms with van der Waals surface area (Å²) in [6, 6.07) is 13.0. The molecule has 4 aromatic rings. The summed E-state index contributed by atoms with van der Waals surface area (Å²) in [5.41, 5.74) is 1.09. The molecule has 5 nitrogen and oxygen atoms in total. The van der Waals surface area contributed by atoms with Crippen LogP contribution in [0.1, 0.15) is 11.1 Å². The average molecular weight is 501 g/mol. The highest BCUT2D eigenvalue weighted by Crippen LogP contribution is 2.32. The van der Waals surface area contributed by atoms with Gasteiger partial charge >= 0.3 is 6.18 Å². The van der Waals surface area contributed by atoms with E-state index < -0.39 is 21.8 Å². The zero-order valence-corrected chi connectivity index (χ0v) is 18.6. The van der Waals surface area contributed by atoms with Crippen molar-refractivity contribution in [3.05, 3.63) is 76.3 Å². The van der Waals surface area contributed by atoms with Crippen LogP contribution in [0.4, 0.5) is 18.9 Å². The van der Waals surface area contributed by atoms with Gasteiger partial charge in [-0.2, -0.15) is 13.2 Å². The molecule has 11 heteroatoms. The molecule has 168 valence electrons. The summed E-state index contributed by atoms with van der Waals surface area (Å²) in [5, 5.41) is 0.614. The van der Waals surface area contributed by atoms with Crippen molar-refractivity contribution >= 4 is 49.6 Å². The first-order chi connectivity index (χ1) is 15.1. The summed E-state index contributed by atoms with van der Waals surface area (Å²) >= 11 is 6.79. The number of aromatic amines is 1. The molecule has 0 aliphatic rings. The van der Waals surface area contributed by atoms with Crippen molar-refractivity contribution in [2.75, 3.05) is 11.3 Å². The fourth-order valence-corrected chi connectivity index (χ4v) is 5.61. The highest BCUT2D eigenvalue weighted by molar-refractivity contribution is 7.94. The number of alkyl halides is 3. The largest absolute Gasteiger partial charge is 0.493 e. The second kappa shape index (κ2) is 8.68. The fraction of sp³-hybridized carbons (Fsp3) is 0.143. The van der Waals surface area contributed by atoms with Crippen LogP contribution in [-0.2, 0) is 22.6 Å². The number of thiophene rings is 1. The lowest BCUT2D eigenvalue weighted by atomic mass is 10.1. The number of H-pyrrole nitrogens is 1. The van der Waals surface area contributed by atoms with Gasteiger partial charge in [0.05, 0.1) is 22.2 Å². The third kappa shape index (κ3) is 5.03. The van der Waals surface area contributed by atoms with E-state index in [2.05, 4.69) is 9.71 Å². The first kappa shape index (κ1) is 22.5. The molecule has 2 aromatic heterocycles. The lowest BCUT2D eigenvalue weighted by Crippen LogP contribution is -2.11. The van der Waals surface area contributed by atoms with Crippen LogP contribution >= 0.6 is 22.9 Å². The van der Waals surface area contributed by atoms with E-state index in [0.717, 1.165) is 23.5 Å². The molecule has 2 heterocycles. The molecule has 2 N–H and O–H groups in total. The van der Waals surface area contributed by atoms with E-state index in [1.165, 1.54) is 24.3 Å². The van der Waals surface area contributed by atoms with Gasteiger partial charge in [-0.05, 0) is 48.0 Å². The summed E-state index contributed by atoms with van der Waals surface area (Å²) in [4.78, 5) is 3.00. The van der Waals surface area contributed by atoms with E-state index >= 15 is 0 Å². The molecular formula is C21H16ClF3N2O3S2. The van der Waals surface area contributed by atoms with Crippen molar-refractivity contribution < 1.29 is 26.3 Å². The quantitative estimate of drug-likeness (QED) is 0.312. The SMILES string of the molecule is O=S(=O)(Nc1c[nH]c2ccc(OCCc3ccc(C(F)(F)F)cc3)cc12)c1ccc(Cl)s1. The number of aromatic nitrogens is 1. The molecule has 0 fully saturated rings. The zero-order chi connectivity index (χ0) is 22.9. The van der Waals surface area contributed by atoms with Gasteiger partial charge in [0.1, 0.15) is 9.96 Å². The minimum absolute atomic E-state index is 0.0980. The second-order valence-electron chi connectivity index (χ2n) is 6.87. The minimum Gasteiger partial charge on any atom is -0.493 e. The standard InChI is InChI=1S/C21H16ClF3N2O3S2/c22-19-7-8-20(31-19)32(28,29)27-18-12-26-17-6-5-15(11-16(17)18)30-10-9-13-1-3-14(4-2-13)21(23,24)25/h1-8,11-12,26-27H,9-10H2. The molecule has 2 aromatic carbocycles. The van der Waals surface area contributed by atoms with Crippen molar-refractivity contribution in [2.24, 2.45) is 0 Å². The van der Waals surface area contributed by atoms with Crippen molar-refractivity contribution in [3.63, 3.8) is 0 Å². The van der Waals surface area contributed by atoms with Crippen LogP contribution in [0.2, 0.25) is 4.34 Å². The Morgan fingerprint density at radius 1 is 1.06 bits per heavy atom. The summed E-state index contributed by atoms with van der Waals surface area (Å²) in [6.45, 7) is 0.246. The minimum atomic E-state index is -4.37. The van der Waals surface area contributed by atoms with Gasteiger partial charge in [-0.1, -0.05) is 23.7 Å². The van der Waals surface area contributed by atoms with Crippen molar-refractivity contribution in [1.82, 2.24) is 4.98 Å². The van der Waals surface area contributed by atoms with Crippen LogP contribution in [0.25, 0.3) is 10.9 Å². The maximum Gasteiger partial charge on any atom is 0.416 e. The number of hydrogen-bond donors (Lipinski definition) is 2. The molecular weight excluding hydrogens is 485 g/mol. The zero-order valence-electron chi connectivity index (χ0n) is 16.2. The van der Waals surface area contributed by atoms with Gasteiger partial charge in [0, 0.05) is 23.5 Å². The molecule has 0 radical (unpaired) electrons. The topological polar surface area (TPSA) is 71.2 Å². The summed E-state index contributed by atoms with van der Waals surface area (Å²) in [5.74, 6) is 0.503. The smallest absolute Gasteiger partial charge is 0.416 e. The van der Waals surface area contributed by atoms with Crippen LogP contribution in [0.3, 0.4) is 0 Å². The van der Waals surface area contributed by atoms with Crippen molar-refractivity contribution in [1.29, 1.82) is 0 Å². The predicted octanol–water partition coefficient (Wildman–Crippen LogP) is 6.32. The Labute approximate surface area is 190 Å². The molecule has 0 bridgehead atoms. The highest BCUT2D eigenvalue weighted by Gasteiger charge is 2.29. The molecule has 0 amide bonds. The van der Waals surface area contributed by atoms with Gasteiger partial charge < -0.3 is 9.72 Å². The third-order valence-corrected chi connectivity index (χ3v) is 7.74. The number of nitrogens with one attached hydrogen (secondary N) is 2. The molecule has 0 spiro atoms. The number of halogens is 4. The van der Waals surface area contributed by atoms with Gasteiger partial charge in [-0.15, -0.1) is 11.3 Å². The second-order valence-corrected chi connectivity index (χ2v) is 10.5. The third-order valence-electron chi connectivity index (χ3n) is 4.65. The van der Waals surface area contributed by atoms with E-state index in [1.54, 1.807) is 24.4 Å². The predicted molar refractivity (Wildman–Crippen MR) is 119 cm³/mol. The Kier molecular flexibility index (Phi) is 6.11. The van der Waals surface area contributed by atoms with Gasteiger partial charge in [0.15, 0.2) is 0 Å². The normalized spacial score (nSPS) is 12.2. The van der Waals surface area contributed by atoms with Crippen LogP contribution in [0, 0.1) is 0 Å². The number of anilines is 1. The molecule has 0 aliphatic carbocycles. The lowest BCUT2D eigenvalue weighted by Gasteiger charge is -2.09. The van der Waals surface area contributed by atoms with Crippen LogP contribution in [0.15, 0.2) is 65.0 Å². The monoisotopic (exact) mass is 500 g/mol. The number of sulfonamides is 1. The number of benzene rings is 2. The maximum absolute atomic E-state index is 12.7. The fourth-order valence-electron chi connectivity index (χ4n) is 3.06. The van der Waals surface area contributed by atoms with Gasteiger partial charge in [0.25, 0.3) is 10.0 Å². The summed E-state index contributed by atoms with van der Waals surface area (Å²) < 4.78 is 71.9. The highest BCUT2D eigenvalue weighted by atomic mass is 35.5. The van der Waals surface area contributed by atoms with E-state index in [4.69, 9.17) is 16.3 Å². The van der Waals surface area contributed by atoms with Crippen LogP contribution < -0.4 is 9.46 Å². The van der Waals surface area contributed by atoms with E-state index in [0.29, 0.717) is 38.7 Å². The first-order valence-electron chi connectivity index (χ1n) is 9.30. The van der Waals surface area contributed by atoms with Crippen LogP contribution in [-0.4, -0.2) is 20.0 Å². The Balaban J connectivity index is 1.44. The van der Waals surface area contributed by atoms with E-state index in [1.807, 2.05) is 0 Å². The Bertz CT molecular complexity index is 1350. The number of hydrogen-bond acceptors (Lipinski definition) is 4.